The molecule has 2 heterocycles. The number of aryl methyl sites for hydroxylation is 1. The van der Waals surface area contributed by atoms with Crippen molar-refractivity contribution >= 4 is 17.7 Å². The molecule has 1 aliphatic rings. The van der Waals surface area contributed by atoms with Gasteiger partial charge in [0.15, 0.2) is 0 Å². The molecular weight excluding hydrogens is 462 g/mol. The van der Waals surface area contributed by atoms with E-state index < -0.39 is 47.2 Å². The van der Waals surface area contributed by atoms with E-state index in [0.717, 1.165) is 34.0 Å². The minimum atomic E-state index is -4.73. The standard InChI is InChI=1S/C23H18F6N4O/c1-4-13-8-16-17(18(9-13)23(27,28)29)11-33(19(16)34)15-7-5-6-14(10-15)21(2,24)22(25,26)20-31-30-12-32(20)3/h4-10,12H,1,11H2,2-3H3/t21-/m0/s1. The largest absolute Gasteiger partial charge is 0.416 e. The van der Waals surface area contributed by atoms with Crippen molar-refractivity contribution in [1.29, 1.82) is 0 Å². The molecule has 0 fully saturated rings. The highest BCUT2D eigenvalue weighted by Crippen LogP contribution is 2.48. The summed E-state index contributed by atoms with van der Waals surface area (Å²) in [7, 11) is 1.24. The second-order valence-electron chi connectivity index (χ2n) is 8.08. The smallest absolute Gasteiger partial charge is 0.316 e. The first-order chi connectivity index (χ1) is 15.8. The first-order valence-corrected chi connectivity index (χ1v) is 9.99. The van der Waals surface area contributed by atoms with Gasteiger partial charge in [0.25, 0.3) is 5.91 Å². The highest BCUT2D eigenvalue weighted by molar-refractivity contribution is 6.10. The van der Waals surface area contributed by atoms with Gasteiger partial charge < -0.3 is 9.47 Å². The summed E-state index contributed by atoms with van der Waals surface area (Å²) in [5.74, 6) is -5.77. The van der Waals surface area contributed by atoms with Gasteiger partial charge in [-0.3, -0.25) is 4.79 Å². The van der Waals surface area contributed by atoms with Gasteiger partial charge in [0, 0.05) is 18.3 Å². The van der Waals surface area contributed by atoms with E-state index in [4.69, 9.17) is 0 Å². The maximum absolute atomic E-state index is 15.6. The van der Waals surface area contributed by atoms with Crippen LogP contribution in [0.25, 0.3) is 6.08 Å². The maximum atomic E-state index is 15.6. The summed E-state index contributed by atoms with van der Waals surface area (Å²) < 4.78 is 87.5. The number of hydrogen-bond donors (Lipinski definition) is 0. The number of halogens is 6. The van der Waals surface area contributed by atoms with E-state index in [0.29, 0.717) is 6.92 Å². The summed E-state index contributed by atoms with van der Waals surface area (Å²) >= 11 is 0. The van der Waals surface area contributed by atoms with Crippen molar-refractivity contribution in [3.63, 3.8) is 0 Å². The van der Waals surface area contributed by atoms with Gasteiger partial charge in [0.2, 0.25) is 11.5 Å². The van der Waals surface area contributed by atoms with Crippen molar-refractivity contribution in [1.82, 2.24) is 14.8 Å². The Labute approximate surface area is 190 Å². The summed E-state index contributed by atoms with van der Waals surface area (Å²) in [6, 6.07) is 6.90. The lowest BCUT2D eigenvalue weighted by atomic mass is 9.90. The molecule has 0 aliphatic carbocycles. The van der Waals surface area contributed by atoms with E-state index in [9.17, 15) is 18.0 Å². The van der Waals surface area contributed by atoms with E-state index in [2.05, 4.69) is 16.8 Å². The maximum Gasteiger partial charge on any atom is 0.416 e. The molecule has 2 aromatic carbocycles. The Morgan fingerprint density at radius 3 is 2.38 bits per heavy atom. The Balaban J connectivity index is 1.76. The number of anilines is 1. The first-order valence-electron chi connectivity index (χ1n) is 9.99. The average molecular weight is 480 g/mol. The minimum Gasteiger partial charge on any atom is -0.316 e. The van der Waals surface area contributed by atoms with E-state index in [1.165, 1.54) is 31.3 Å². The monoisotopic (exact) mass is 480 g/mol. The number of carbonyl (C=O) groups excluding carboxylic acids is 1. The number of carbonyl (C=O) groups is 1. The van der Waals surface area contributed by atoms with Crippen LogP contribution < -0.4 is 4.90 Å². The lowest BCUT2D eigenvalue weighted by Crippen LogP contribution is -2.39. The van der Waals surface area contributed by atoms with Crippen molar-refractivity contribution in [3.8, 4) is 0 Å². The number of nitrogens with zero attached hydrogens (tertiary/aromatic N) is 4. The van der Waals surface area contributed by atoms with Crippen LogP contribution >= 0.6 is 0 Å². The third-order valence-corrected chi connectivity index (χ3v) is 5.89. The van der Waals surface area contributed by atoms with Gasteiger partial charge in [-0.25, -0.2) is 4.39 Å². The lowest BCUT2D eigenvalue weighted by Gasteiger charge is -2.30. The fourth-order valence-corrected chi connectivity index (χ4v) is 3.93. The zero-order valence-electron chi connectivity index (χ0n) is 18.0. The van der Waals surface area contributed by atoms with E-state index in [1.807, 2.05) is 0 Å². The quantitative estimate of drug-likeness (QED) is 0.446. The van der Waals surface area contributed by atoms with Crippen LogP contribution in [0.4, 0.5) is 32.0 Å². The van der Waals surface area contributed by atoms with Crippen LogP contribution in [-0.4, -0.2) is 20.7 Å². The van der Waals surface area contributed by atoms with Gasteiger partial charge in [-0.2, -0.15) is 22.0 Å². The number of hydrogen-bond acceptors (Lipinski definition) is 3. The number of fused-ring (bicyclic) bond motifs is 1. The van der Waals surface area contributed by atoms with Gasteiger partial charge >= 0.3 is 12.1 Å². The molecule has 1 atom stereocenters. The summed E-state index contributed by atoms with van der Waals surface area (Å²) in [5, 5.41) is 6.68. The molecule has 0 saturated heterocycles. The minimum absolute atomic E-state index is 0.0235. The molecule has 11 heteroatoms. The molecule has 0 saturated carbocycles. The molecule has 1 aromatic heterocycles. The van der Waals surface area contributed by atoms with Crippen LogP contribution in [0.3, 0.4) is 0 Å². The van der Waals surface area contributed by atoms with Gasteiger partial charge in [0.1, 0.15) is 6.33 Å². The first kappa shape index (κ1) is 23.5. The van der Waals surface area contributed by atoms with Crippen LogP contribution in [-0.2, 0) is 31.4 Å². The molecule has 34 heavy (non-hydrogen) atoms. The predicted octanol–water partition coefficient (Wildman–Crippen LogP) is 5.61. The number of benzene rings is 2. The Morgan fingerprint density at radius 2 is 1.79 bits per heavy atom. The van der Waals surface area contributed by atoms with Crippen LogP contribution in [0.2, 0.25) is 0 Å². The molecule has 4 rings (SSSR count). The SMILES string of the molecule is C=Cc1cc2c(c(C(F)(F)F)c1)CN(c1cccc([C@](C)(F)C(F)(F)c3nncn3C)c1)C2=O. The Kier molecular flexibility index (Phi) is 5.34. The molecule has 1 amide bonds. The molecule has 178 valence electrons. The number of rotatable bonds is 5. The Bertz CT molecular complexity index is 1290. The van der Waals surface area contributed by atoms with Crippen LogP contribution in [0.5, 0.6) is 0 Å². The second kappa shape index (κ2) is 7.71. The van der Waals surface area contributed by atoms with Crippen molar-refractivity contribution in [2.24, 2.45) is 7.05 Å². The summed E-state index contributed by atoms with van der Waals surface area (Å²) in [5.41, 5.74) is -5.09. The highest BCUT2D eigenvalue weighted by atomic mass is 19.4. The molecule has 1 aliphatic heterocycles. The number of aromatic nitrogens is 3. The molecular formula is C23H18F6N4O. The van der Waals surface area contributed by atoms with Gasteiger partial charge in [-0.1, -0.05) is 24.8 Å². The Hall–Kier alpha value is -3.63. The zero-order chi connectivity index (χ0) is 25.1. The summed E-state index contributed by atoms with van der Waals surface area (Å²) in [4.78, 5) is 14.0. The summed E-state index contributed by atoms with van der Waals surface area (Å²) in [6.45, 7) is 3.67. The zero-order valence-corrected chi connectivity index (χ0v) is 18.0. The van der Waals surface area contributed by atoms with Crippen LogP contribution in [0.1, 0.15) is 45.4 Å². The molecule has 0 bridgehead atoms. The highest BCUT2D eigenvalue weighted by Gasteiger charge is 2.57. The van der Waals surface area contributed by atoms with Gasteiger partial charge in [-0.05, 0) is 47.9 Å². The third-order valence-electron chi connectivity index (χ3n) is 5.89. The molecule has 0 unspecified atom stereocenters. The van der Waals surface area contributed by atoms with Gasteiger partial charge in [-0.15, -0.1) is 10.2 Å². The molecule has 3 aromatic rings. The fourth-order valence-electron chi connectivity index (χ4n) is 3.93. The van der Waals surface area contributed by atoms with Crippen molar-refractivity contribution in [2.75, 3.05) is 4.90 Å². The normalized spacial score (nSPS) is 15.9. The number of alkyl halides is 6. The third kappa shape index (κ3) is 3.55. The van der Waals surface area contributed by atoms with Crippen molar-refractivity contribution in [2.45, 2.75) is 31.2 Å². The number of amides is 1. The van der Waals surface area contributed by atoms with Crippen LogP contribution in [0.15, 0.2) is 49.3 Å². The van der Waals surface area contributed by atoms with E-state index in [-0.39, 0.29) is 22.4 Å². The molecule has 0 N–H and O–H groups in total. The molecule has 0 spiro atoms. The topological polar surface area (TPSA) is 51.0 Å². The molecule has 0 radical (unpaired) electrons. The van der Waals surface area contributed by atoms with E-state index in [1.54, 1.807) is 0 Å². The lowest BCUT2D eigenvalue weighted by molar-refractivity contribution is -0.149. The van der Waals surface area contributed by atoms with Crippen molar-refractivity contribution < 1.29 is 31.1 Å². The fraction of sp³-hybridized carbons (Fsp3) is 0.261. The second-order valence-corrected chi connectivity index (χ2v) is 8.08. The van der Waals surface area contributed by atoms with E-state index >= 15 is 13.2 Å². The molecule has 5 nitrogen and oxygen atoms in total. The van der Waals surface area contributed by atoms with Crippen molar-refractivity contribution in [3.05, 3.63) is 82.9 Å². The van der Waals surface area contributed by atoms with Gasteiger partial charge in [0.05, 0.1) is 12.1 Å². The Morgan fingerprint density at radius 1 is 1.09 bits per heavy atom. The average Bonchev–Trinajstić information content (AvgIpc) is 3.36. The predicted molar refractivity (Wildman–Crippen MR) is 112 cm³/mol. The van der Waals surface area contributed by atoms with Crippen LogP contribution in [0, 0.1) is 0 Å². The summed E-state index contributed by atoms with van der Waals surface area (Å²) in [6.07, 6.45) is -2.53.